The van der Waals surface area contributed by atoms with E-state index >= 15 is 0 Å². The van der Waals surface area contributed by atoms with E-state index in [0.29, 0.717) is 5.69 Å². The largest absolute Gasteiger partial charge is 0.318 e. The zero-order valence-electron chi connectivity index (χ0n) is 5.98. The number of nitro groups is 1. The summed E-state index contributed by atoms with van der Waals surface area (Å²) in [6.07, 6.45) is 1.46. The Morgan fingerprint density at radius 3 is 2.33 bits per heavy atom. The Balaban J connectivity index is 2.85. The molecule has 0 aliphatic heterocycles. The Bertz CT molecular complexity index is 294. The fourth-order valence-electron chi connectivity index (χ4n) is 0.725. The Morgan fingerprint density at radius 1 is 1.33 bits per heavy atom. The minimum atomic E-state index is -0.506. The van der Waals surface area contributed by atoms with Crippen LogP contribution in [0.2, 0.25) is 0 Å². The first-order valence-electron chi connectivity index (χ1n) is 3.11. The minimum Gasteiger partial charge on any atom is -0.318 e. The normalized spacial score (nSPS) is 9.00. The lowest BCUT2D eigenvalue weighted by Crippen LogP contribution is -1.93. The second kappa shape index (κ2) is 3.47. The third-order valence-corrected chi connectivity index (χ3v) is 1.27. The standard InChI is InChI=1S/C7H5N2O3/c10-5-8-6-1-3-7(4-2-6)9(11)12/h1-4H,(H,8,10). The summed E-state index contributed by atoms with van der Waals surface area (Å²) in [7, 11) is 0. The van der Waals surface area contributed by atoms with Crippen molar-refractivity contribution >= 4 is 17.8 Å². The molecule has 0 fully saturated rings. The van der Waals surface area contributed by atoms with Crippen LogP contribution in [0.15, 0.2) is 24.3 Å². The van der Waals surface area contributed by atoms with Crippen LogP contribution in [-0.2, 0) is 4.79 Å². The van der Waals surface area contributed by atoms with Gasteiger partial charge in [0.2, 0.25) is 0 Å². The number of nitrogens with one attached hydrogen (secondary N) is 1. The smallest absolute Gasteiger partial charge is 0.314 e. The van der Waals surface area contributed by atoms with Crippen molar-refractivity contribution in [1.82, 2.24) is 0 Å². The maximum atomic E-state index is 10.2. The van der Waals surface area contributed by atoms with Crippen LogP contribution >= 0.6 is 0 Å². The molecule has 0 heterocycles. The van der Waals surface area contributed by atoms with E-state index in [4.69, 9.17) is 0 Å². The Kier molecular flexibility index (Phi) is 2.37. The number of carbonyl (C=O) groups excluding carboxylic acids is 1. The molecule has 0 atom stereocenters. The van der Waals surface area contributed by atoms with Gasteiger partial charge in [-0.15, -0.1) is 0 Å². The van der Waals surface area contributed by atoms with Crippen molar-refractivity contribution in [2.45, 2.75) is 0 Å². The predicted octanol–water partition coefficient (Wildman–Crippen LogP) is 1.07. The Morgan fingerprint density at radius 2 is 1.92 bits per heavy atom. The van der Waals surface area contributed by atoms with Gasteiger partial charge in [0.05, 0.1) is 4.92 Å². The molecule has 5 heteroatoms. The highest BCUT2D eigenvalue weighted by Crippen LogP contribution is 2.14. The summed E-state index contributed by atoms with van der Waals surface area (Å²) in [5, 5.41) is 12.4. The molecule has 1 N–H and O–H groups in total. The Labute approximate surface area is 68.2 Å². The average molecular weight is 165 g/mol. The van der Waals surface area contributed by atoms with E-state index in [1.165, 1.54) is 30.7 Å². The number of benzene rings is 1. The van der Waals surface area contributed by atoms with Gasteiger partial charge in [-0.3, -0.25) is 14.9 Å². The first kappa shape index (κ1) is 8.19. The molecular weight excluding hydrogens is 160 g/mol. The number of rotatable bonds is 3. The lowest BCUT2D eigenvalue weighted by molar-refractivity contribution is -0.384. The molecule has 5 nitrogen and oxygen atoms in total. The molecular formula is C7H5N2O3. The molecule has 0 bridgehead atoms. The first-order valence-corrected chi connectivity index (χ1v) is 3.11. The molecule has 0 aliphatic rings. The van der Waals surface area contributed by atoms with Crippen LogP contribution in [-0.4, -0.2) is 11.3 Å². The summed E-state index contributed by atoms with van der Waals surface area (Å²) in [4.78, 5) is 19.5. The monoisotopic (exact) mass is 165 g/mol. The predicted molar refractivity (Wildman–Crippen MR) is 42.4 cm³/mol. The number of non-ortho nitro benzene ring substituents is 1. The van der Waals surface area contributed by atoms with Crippen molar-refractivity contribution in [1.29, 1.82) is 0 Å². The summed E-state index contributed by atoms with van der Waals surface area (Å²) in [6.45, 7) is 0. The summed E-state index contributed by atoms with van der Waals surface area (Å²) < 4.78 is 0. The van der Waals surface area contributed by atoms with Gasteiger partial charge in [0.1, 0.15) is 0 Å². The molecule has 0 spiro atoms. The molecule has 0 aromatic heterocycles. The van der Waals surface area contributed by atoms with Crippen LogP contribution < -0.4 is 5.32 Å². The van der Waals surface area contributed by atoms with E-state index in [9.17, 15) is 14.9 Å². The molecule has 1 aromatic carbocycles. The van der Waals surface area contributed by atoms with Gasteiger partial charge < -0.3 is 5.32 Å². The SMILES string of the molecule is O=[C]Nc1ccc([N+](=O)[O-])cc1. The van der Waals surface area contributed by atoms with Gasteiger partial charge in [-0.2, -0.15) is 0 Å². The fourth-order valence-corrected chi connectivity index (χ4v) is 0.725. The van der Waals surface area contributed by atoms with Gasteiger partial charge in [0.15, 0.2) is 0 Å². The van der Waals surface area contributed by atoms with Crippen molar-refractivity contribution in [3.8, 4) is 0 Å². The number of hydrogen-bond donors (Lipinski definition) is 1. The lowest BCUT2D eigenvalue weighted by atomic mass is 10.3. The topological polar surface area (TPSA) is 72.2 Å². The van der Waals surface area contributed by atoms with E-state index in [-0.39, 0.29) is 5.69 Å². The molecule has 0 unspecified atom stereocenters. The summed E-state index contributed by atoms with van der Waals surface area (Å²) in [6, 6.07) is 5.48. The number of hydrogen-bond acceptors (Lipinski definition) is 3. The highest BCUT2D eigenvalue weighted by atomic mass is 16.6. The second-order valence-electron chi connectivity index (χ2n) is 2.03. The molecule has 1 amide bonds. The van der Waals surface area contributed by atoms with Crippen LogP contribution in [0, 0.1) is 10.1 Å². The zero-order chi connectivity index (χ0) is 8.97. The number of amides is 1. The van der Waals surface area contributed by atoms with E-state index in [2.05, 4.69) is 5.32 Å². The minimum absolute atomic E-state index is 0.00792. The molecule has 61 valence electrons. The maximum Gasteiger partial charge on any atom is 0.314 e. The van der Waals surface area contributed by atoms with Crippen LogP contribution in [0.5, 0.6) is 0 Å². The van der Waals surface area contributed by atoms with Crippen LogP contribution in [0.3, 0.4) is 0 Å². The second-order valence-corrected chi connectivity index (χ2v) is 2.03. The van der Waals surface area contributed by atoms with Crippen LogP contribution in [0.1, 0.15) is 0 Å². The van der Waals surface area contributed by atoms with Crippen LogP contribution in [0.25, 0.3) is 0 Å². The van der Waals surface area contributed by atoms with Crippen molar-refractivity contribution in [3.05, 3.63) is 34.4 Å². The third-order valence-electron chi connectivity index (χ3n) is 1.27. The Hall–Kier alpha value is -1.91. The van der Waals surface area contributed by atoms with Gasteiger partial charge in [0, 0.05) is 17.8 Å². The first-order chi connectivity index (χ1) is 5.74. The fraction of sp³-hybridized carbons (Fsp3) is 0. The van der Waals surface area contributed by atoms with Gasteiger partial charge in [-0.1, -0.05) is 0 Å². The van der Waals surface area contributed by atoms with Gasteiger partial charge in [0.25, 0.3) is 5.69 Å². The zero-order valence-corrected chi connectivity index (χ0v) is 5.98. The number of nitro benzene ring substituents is 1. The molecule has 1 rings (SSSR count). The highest BCUT2D eigenvalue weighted by Gasteiger charge is 2.02. The van der Waals surface area contributed by atoms with Gasteiger partial charge >= 0.3 is 6.41 Å². The maximum absolute atomic E-state index is 10.2. The van der Waals surface area contributed by atoms with E-state index in [1.807, 2.05) is 0 Å². The summed E-state index contributed by atoms with van der Waals surface area (Å²) >= 11 is 0. The van der Waals surface area contributed by atoms with Crippen LogP contribution in [0.4, 0.5) is 11.4 Å². The van der Waals surface area contributed by atoms with Crippen molar-refractivity contribution in [2.24, 2.45) is 0 Å². The van der Waals surface area contributed by atoms with E-state index in [1.54, 1.807) is 0 Å². The molecule has 1 radical (unpaired) electrons. The molecule has 0 saturated carbocycles. The van der Waals surface area contributed by atoms with Crippen molar-refractivity contribution in [3.63, 3.8) is 0 Å². The van der Waals surface area contributed by atoms with Crippen molar-refractivity contribution in [2.75, 3.05) is 5.32 Å². The lowest BCUT2D eigenvalue weighted by Gasteiger charge is -1.95. The number of anilines is 1. The molecule has 1 aromatic rings. The van der Waals surface area contributed by atoms with Crippen molar-refractivity contribution < 1.29 is 9.72 Å². The highest BCUT2D eigenvalue weighted by molar-refractivity contribution is 5.72. The molecule has 12 heavy (non-hydrogen) atoms. The average Bonchev–Trinajstić information content (AvgIpc) is 2.06. The van der Waals surface area contributed by atoms with Gasteiger partial charge in [-0.05, 0) is 12.1 Å². The quantitative estimate of drug-likeness (QED) is 0.413. The van der Waals surface area contributed by atoms with E-state index in [0.717, 1.165) is 0 Å². The summed E-state index contributed by atoms with van der Waals surface area (Å²) in [5.74, 6) is 0. The third kappa shape index (κ3) is 1.79. The molecule has 0 aliphatic carbocycles. The molecule has 0 saturated heterocycles. The summed E-state index contributed by atoms with van der Waals surface area (Å²) in [5.41, 5.74) is 0.474. The van der Waals surface area contributed by atoms with Gasteiger partial charge in [-0.25, -0.2) is 0 Å². The number of nitrogens with zero attached hydrogens (tertiary/aromatic N) is 1. The van der Waals surface area contributed by atoms with E-state index < -0.39 is 4.92 Å².